The van der Waals surface area contributed by atoms with E-state index in [1.54, 1.807) is 20.8 Å². The molecule has 0 spiro atoms. The number of carboxylic acids is 1. The van der Waals surface area contributed by atoms with E-state index in [0.717, 1.165) is 0 Å². The lowest BCUT2D eigenvalue weighted by molar-refractivity contribution is -0.176. The van der Waals surface area contributed by atoms with Gasteiger partial charge in [0.1, 0.15) is 19.3 Å². The molecule has 0 aromatic heterocycles. The van der Waals surface area contributed by atoms with E-state index < -0.39 is 42.7 Å². The molecule has 0 rings (SSSR count). The van der Waals surface area contributed by atoms with Crippen LogP contribution in [0, 0.1) is 5.41 Å². The van der Waals surface area contributed by atoms with Crippen molar-refractivity contribution in [3.63, 3.8) is 0 Å². The zero-order valence-corrected chi connectivity index (χ0v) is 10.3. The Hall–Kier alpha value is -1.31. The van der Waals surface area contributed by atoms with E-state index in [0.29, 0.717) is 0 Å². The molecule has 5 nitrogen and oxygen atoms in total. The quantitative estimate of drug-likeness (QED) is 0.787. The van der Waals surface area contributed by atoms with Gasteiger partial charge in [-0.25, -0.2) is 4.79 Å². The van der Waals surface area contributed by atoms with E-state index in [9.17, 15) is 22.8 Å². The highest BCUT2D eigenvalue weighted by molar-refractivity contribution is 5.84. The third kappa shape index (κ3) is 7.10. The first kappa shape index (κ1) is 16.7. The Bertz CT molecular complexity index is 309. The van der Waals surface area contributed by atoms with Crippen LogP contribution >= 0.6 is 0 Å². The molecule has 0 aliphatic carbocycles. The zero-order valence-electron chi connectivity index (χ0n) is 10.3. The number of alkyl halides is 3. The van der Waals surface area contributed by atoms with Crippen molar-refractivity contribution in [3.8, 4) is 0 Å². The first-order valence-corrected chi connectivity index (χ1v) is 5.10. The minimum Gasteiger partial charge on any atom is -0.480 e. The van der Waals surface area contributed by atoms with E-state index in [4.69, 9.17) is 5.11 Å². The first-order valence-electron chi connectivity index (χ1n) is 5.10. The molecule has 0 unspecified atom stereocenters. The van der Waals surface area contributed by atoms with Crippen LogP contribution in [0.15, 0.2) is 0 Å². The summed E-state index contributed by atoms with van der Waals surface area (Å²) >= 11 is 0. The van der Waals surface area contributed by atoms with Gasteiger partial charge < -0.3 is 15.2 Å². The predicted octanol–water partition coefficient (Wildman–Crippen LogP) is 1.18. The number of nitrogens with one attached hydrogen (secondary N) is 1. The Morgan fingerprint density at radius 3 is 2.11 bits per heavy atom. The molecule has 18 heavy (non-hydrogen) atoms. The molecule has 0 radical (unpaired) electrons. The van der Waals surface area contributed by atoms with Gasteiger partial charge in [0, 0.05) is 0 Å². The summed E-state index contributed by atoms with van der Waals surface area (Å²) in [5, 5.41) is 11.0. The molecule has 0 aliphatic heterocycles. The monoisotopic (exact) mass is 271 g/mol. The van der Waals surface area contributed by atoms with Crippen LogP contribution < -0.4 is 5.32 Å². The molecule has 0 aromatic rings. The summed E-state index contributed by atoms with van der Waals surface area (Å²) in [5.74, 6) is -2.16. The van der Waals surface area contributed by atoms with Crippen molar-refractivity contribution in [2.75, 3.05) is 13.2 Å². The van der Waals surface area contributed by atoms with Crippen molar-refractivity contribution < 1.29 is 32.6 Å². The molecule has 0 aliphatic rings. The highest BCUT2D eigenvalue weighted by Gasteiger charge is 2.33. The molecule has 1 amide bonds. The Balaban J connectivity index is 4.25. The molecule has 2 N–H and O–H groups in total. The van der Waals surface area contributed by atoms with E-state index >= 15 is 0 Å². The van der Waals surface area contributed by atoms with E-state index in [1.807, 2.05) is 0 Å². The SMILES string of the molecule is CC(C)(C)[C@@H](NC(=O)COCC(F)(F)F)C(=O)O. The second-order valence-corrected chi connectivity index (χ2v) is 4.81. The lowest BCUT2D eigenvalue weighted by Gasteiger charge is -2.27. The number of carbonyl (C=O) groups excluding carboxylic acids is 1. The maximum absolute atomic E-state index is 11.7. The minimum absolute atomic E-state index is 0.758. The Labute approximate surface area is 102 Å². The van der Waals surface area contributed by atoms with Crippen molar-refractivity contribution in [1.29, 1.82) is 0 Å². The van der Waals surface area contributed by atoms with Crippen molar-refractivity contribution in [2.24, 2.45) is 5.41 Å². The van der Waals surface area contributed by atoms with Crippen LogP contribution in [0.2, 0.25) is 0 Å². The normalized spacial score (nSPS) is 14.1. The van der Waals surface area contributed by atoms with Crippen LogP contribution in [0.25, 0.3) is 0 Å². The van der Waals surface area contributed by atoms with Gasteiger partial charge in [-0.3, -0.25) is 4.79 Å². The fourth-order valence-corrected chi connectivity index (χ4v) is 1.11. The van der Waals surface area contributed by atoms with Gasteiger partial charge in [-0.05, 0) is 5.41 Å². The fourth-order valence-electron chi connectivity index (χ4n) is 1.11. The van der Waals surface area contributed by atoms with Gasteiger partial charge >= 0.3 is 12.1 Å². The van der Waals surface area contributed by atoms with Crippen molar-refractivity contribution in [3.05, 3.63) is 0 Å². The van der Waals surface area contributed by atoms with Crippen molar-refractivity contribution in [2.45, 2.75) is 33.0 Å². The molecular weight excluding hydrogens is 255 g/mol. The van der Waals surface area contributed by atoms with Crippen LogP contribution in [0.3, 0.4) is 0 Å². The molecule has 0 bridgehead atoms. The molecule has 0 heterocycles. The summed E-state index contributed by atoms with van der Waals surface area (Å²) in [6.07, 6.45) is -4.52. The van der Waals surface area contributed by atoms with Crippen LogP contribution in [-0.4, -0.2) is 42.4 Å². The number of ether oxygens (including phenoxy) is 1. The van der Waals surface area contributed by atoms with Crippen LogP contribution in [0.1, 0.15) is 20.8 Å². The summed E-state index contributed by atoms with van der Waals surface area (Å²) < 4.78 is 39.3. The molecule has 0 saturated carbocycles. The van der Waals surface area contributed by atoms with Gasteiger partial charge in [0.15, 0.2) is 0 Å². The zero-order chi connectivity index (χ0) is 14.6. The highest BCUT2D eigenvalue weighted by atomic mass is 19.4. The van der Waals surface area contributed by atoms with Crippen LogP contribution in [-0.2, 0) is 14.3 Å². The summed E-state index contributed by atoms with van der Waals surface area (Å²) in [5.41, 5.74) is -0.758. The van der Waals surface area contributed by atoms with Gasteiger partial charge in [0.25, 0.3) is 0 Å². The van der Waals surface area contributed by atoms with Crippen LogP contribution in [0.5, 0.6) is 0 Å². The number of carboxylic acid groups (broad SMARTS) is 1. The summed E-state index contributed by atoms with van der Waals surface area (Å²) in [6.45, 7) is 2.38. The smallest absolute Gasteiger partial charge is 0.411 e. The number of hydrogen-bond acceptors (Lipinski definition) is 3. The maximum Gasteiger partial charge on any atom is 0.411 e. The number of halogens is 3. The Kier molecular flexibility index (Phi) is 5.59. The standard InChI is InChI=1S/C10H16F3NO4/c1-9(2,3)7(8(16)17)14-6(15)4-18-5-10(11,12)13/h7H,4-5H2,1-3H3,(H,14,15)(H,16,17)/t7-/m0/s1. The average molecular weight is 271 g/mol. The van der Waals surface area contributed by atoms with Crippen LogP contribution in [0.4, 0.5) is 13.2 Å². The van der Waals surface area contributed by atoms with Crippen molar-refractivity contribution >= 4 is 11.9 Å². The third-order valence-corrected chi connectivity index (χ3v) is 1.92. The number of amides is 1. The molecule has 0 saturated heterocycles. The van der Waals surface area contributed by atoms with E-state index in [-0.39, 0.29) is 0 Å². The maximum atomic E-state index is 11.7. The van der Waals surface area contributed by atoms with Gasteiger partial charge in [0.2, 0.25) is 5.91 Å². The molecule has 106 valence electrons. The predicted molar refractivity (Wildman–Crippen MR) is 55.9 cm³/mol. The number of carbonyl (C=O) groups is 2. The molecule has 8 heteroatoms. The number of rotatable bonds is 5. The summed E-state index contributed by atoms with van der Waals surface area (Å²) in [6, 6.07) is -1.19. The van der Waals surface area contributed by atoms with Gasteiger partial charge in [-0.15, -0.1) is 0 Å². The molecule has 0 aromatic carbocycles. The third-order valence-electron chi connectivity index (χ3n) is 1.92. The topological polar surface area (TPSA) is 75.6 Å². The number of hydrogen-bond donors (Lipinski definition) is 2. The average Bonchev–Trinajstić information content (AvgIpc) is 2.09. The minimum atomic E-state index is -4.52. The molecule has 0 fully saturated rings. The fraction of sp³-hybridized carbons (Fsp3) is 0.800. The summed E-state index contributed by atoms with van der Waals surface area (Å²) in [7, 11) is 0. The Morgan fingerprint density at radius 1 is 1.28 bits per heavy atom. The van der Waals surface area contributed by atoms with Gasteiger partial charge in [-0.2, -0.15) is 13.2 Å². The molecular formula is C10H16F3NO4. The van der Waals surface area contributed by atoms with E-state index in [1.165, 1.54) is 0 Å². The largest absolute Gasteiger partial charge is 0.480 e. The number of aliphatic carboxylic acids is 1. The lowest BCUT2D eigenvalue weighted by Crippen LogP contribution is -2.50. The van der Waals surface area contributed by atoms with E-state index in [2.05, 4.69) is 10.1 Å². The lowest BCUT2D eigenvalue weighted by atomic mass is 9.87. The van der Waals surface area contributed by atoms with Gasteiger partial charge in [0.05, 0.1) is 0 Å². The Morgan fingerprint density at radius 2 is 1.78 bits per heavy atom. The highest BCUT2D eigenvalue weighted by Crippen LogP contribution is 2.19. The van der Waals surface area contributed by atoms with Crippen molar-refractivity contribution in [1.82, 2.24) is 5.32 Å². The second kappa shape index (κ2) is 6.03. The second-order valence-electron chi connectivity index (χ2n) is 4.81. The molecule has 1 atom stereocenters. The van der Waals surface area contributed by atoms with Gasteiger partial charge in [-0.1, -0.05) is 20.8 Å². The summed E-state index contributed by atoms with van der Waals surface area (Å²) in [4.78, 5) is 22.1. The first-order chi connectivity index (χ1) is 7.93.